The number of carbonyl (C=O) groups is 1. The molecule has 8 nitrogen and oxygen atoms in total. The van der Waals surface area contributed by atoms with E-state index in [0.717, 1.165) is 0 Å². The summed E-state index contributed by atoms with van der Waals surface area (Å²) < 4.78 is 26.7. The topological polar surface area (TPSA) is 101 Å². The van der Waals surface area contributed by atoms with Crippen LogP contribution in [0.4, 0.5) is 5.69 Å². The van der Waals surface area contributed by atoms with Gasteiger partial charge in [-0.1, -0.05) is 31.5 Å². The first kappa shape index (κ1) is 22.8. The summed E-state index contributed by atoms with van der Waals surface area (Å²) >= 11 is 6.10. The first-order valence-electron chi connectivity index (χ1n) is 8.90. The SMILES string of the molecule is CCN(CC)S(=O)(=O)c1cccc(C(=O)N(C)Cc2cc([N+](=O)[O-])ccc2Cl)c1. The molecule has 2 rings (SSSR count). The van der Waals surface area contributed by atoms with Crippen molar-refractivity contribution in [3.05, 3.63) is 68.7 Å². The lowest BCUT2D eigenvalue weighted by atomic mass is 10.1. The van der Waals surface area contributed by atoms with E-state index in [1.54, 1.807) is 13.8 Å². The number of hydrogen-bond donors (Lipinski definition) is 0. The first-order valence-corrected chi connectivity index (χ1v) is 10.7. The Morgan fingerprint density at radius 3 is 2.38 bits per heavy atom. The summed E-state index contributed by atoms with van der Waals surface area (Å²) in [6.07, 6.45) is 0. The Morgan fingerprint density at radius 2 is 1.79 bits per heavy atom. The van der Waals surface area contributed by atoms with Crippen molar-refractivity contribution in [1.29, 1.82) is 0 Å². The van der Waals surface area contributed by atoms with Crippen LogP contribution in [0.5, 0.6) is 0 Å². The van der Waals surface area contributed by atoms with Crippen molar-refractivity contribution >= 4 is 33.2 Å². The van der Waals surface area contributed by atoms with Crippen molar-refractivity contribution in [2.45, 2.75) is 25.3 Å². The molecule has 0 fully saturated rings. The Labute approximate surface area is 174 Å². The van der Waals surface area contributed by atoms with Crippen LogP contribution < -0.4 is 0 Å². The van der Waals surface area contributed by atoms with Crippen molar-refractivity contribution in [2.75, 3.05) is 20.1 Å². The van der Waals surface area contributed by atoms with E-state index in [1.165, 1.54) is 58.7 Å². The van der Waals surface area contributed by atoms with Crippen LogP contribution in [0, 0.1) is 10.1 Å². The molecule has 0 aliphatic rings. The number of rotatable bonds is 8. The van der Waals surface area contributed by atoms with E-state index < -0.39 is 20.9 Å². The maximum atomic E-state index is 12.8. The van der Waals surface area contributed by atoms with Gasteiger partial charge in [0.15, 0.2) is 0 Å². The smallest absolute Gasteiger partial charge is 0.269 e. The van der Waals surface area contributed by atoms with Crippen molar-refractivity contribution in [2.24, 2.45) is 0 Å². The molecule has 1 amide bonds. The highest BCUT2D eigenvalue weighted by molar-refractivity contribution is 7.89. The second-order valence-corrected chi connectivity index (χ2v) is 8.66. The minimum Gasteiger partial charge on any atom is -0.337 e. The molecule has 0 spiro atoms. The molecule has 0 aliphatic carbocycles. The third-order valence-corrected chi connectivity index (χ3v) is 6.83. The molecule has 156 valence electrons. The molecule has 0 unspecified atom stereocenters. The van der Waals surface area contributed by atoms with Crippen molar-refractivity contribution < 1.29 is 18.1 Å². The Bertz CT molecular complexity index is 1020. The lowest BCUT2D eigenvalue weighted by Gasteiger charge is -2.20. The van der Waals surface area contributed by atoms with Gasteiger partial charge >= 0.3 is 0 Å². The molecule has 10 heteroatoms. The van der Waals surface area contributed by atoms with Gasteiger partial charge in [0, 0.05) is 49.4 Å². The highest BCUT2D eigenvalue weighted by atomic mass is 35.5. The summed E-state index contributed by atoms with van der Waals surface area (Å²) in [5, 5.41) is 11.3. The zero-order valence-electron chi connectivity index (χ0n) is 16.3. The van der Waals surface area contributed by atoms with Gasteiger partial charge in [0.05, 0.1) is 9.82 Å². The molecule has 0 saturated heterocycles. The van der Waals surface area contributed by atoms with Gasteiger partial charge in [-0.3, -0.25) is 14.9 Å². The molecule has 2 aromatic rings. The summed E-state index contributed by atoms with van der Waals surface area (Å²) in [6, 6.07) is 9.82. The predicted molar refractivity (Wildman–Crippen MR) is 110 cm³/mol. The second kappa shape index (κ2) is 9.34. The van der Waals surface area contributed by atoms with E-state index in [1.807, 2.05) is 0 Å². The number of sulfonamides is 1. The number of benzene rings is 2. The molecule has 0 aliphatic heterocycles. The molecular formula is C19H22ClN3O5S. The molecule has 0 saturated carbocycles. The van der Waals surface area contributed by atoms with E-state index in [-0.39, 0.29) is 22.7 Å². The number of halogens is 1. The largest absolute Gasteiger partial charge is 0.337 e. The first-order chi connectivity index (χ1) is 13.6. The molecule has 2 aromatic carbocycles. The van der Waals surface area contributed by atoms with Gasteiger partial charge in [-0.2, -0.15) is 4.31 Å². The summed E-state index contributed by atoms with van der Waals surface area (Å²) in [4.78, 5) is 24.6. The predicted octanol–water partition coefficient (Wildman–Crippen LogP) is 3.55. The molecule has 0 aromatic heterocycles. The Hall–Kier alpha value is -2.49. The zero-order valence-corrected chi connectivity index (χ0v) is 17.9. The number of amides is 1. The summed E-state index contributed by atoms with van der Waals surface area (Å²) in [6.45, 7) is 4.16. The van der Waals surface area contributed by atoms with E-state index in [4.69, 9.17) is 11.6 Å². The van der Waals surface area contributed by atoms with Gasteiger partial charge < -0.3 is 4.90 Å². The quantitative estimate of drug-likeness (QED) is 0.462. The standard InChI is InChI=1S/C19H22ClN3O5S/c1-4-22(5-2)29(27,28)17-8-6-7-14(12-17)19(24)21(3)13-15-11-16(23(25)26)9-10-18(15)20/h6-12H,4-5,13H2,1-3H3. The molecule has 0 bridgehead atoms. The fourth-order valence-electron chi connectivity index (χ4n) is 2.85. The monoisotopic (exact) mass is 439 g/mol. The summed E-state index contributed by atoms with van der Waals surface area (Å²) in [5.41, 5.74) is 0.489. The van der Waals surface area contributed by atoms with Crippen LogP contribution in [0.25, 0.3) is 0 Å². The van der Waals surface area contributed by atoms with Gasteiger partial charge in [0.2, 0.25) is 10.0 Å². The normalized spacial score (nSPS) is 11.5. The average molecular weight is 440 g/mol. The summed E-state index contributed by atoms with van der Waals surface area (Å²) in [7, 11) is -2.18. The number of non-ortho nitro benzene ring substituents is 1. The number of nitro benzene ring substituents is 1. The molecule has 0 heterocycles. The zero-order chi connectivity index (χ0) is 21.8. The maximum absolute atomic E-state index is 12.8. The summed E-state index contributed by atoms with van der Waals surface area (Å²) in [5.74, 6) is -0.427. The van der Waals surface area contributed by atoms with Crippen LogP contribution in [0.15, 0.2) is 47.4 Å². The average Bonchev–Trinajstić information content (AvgIpc) is 2.69. The molecule has 29 heavy (non-hydrogen) atoms. The highest BCUT2D eigenvalue weighted by Gasteiger charge is 2.23. The lowest BCUT2D eigenvalue weighted by molar-refractivity contribution is -0.384. The van der Waals surface area contributed by atoms with Gasteiger partial charge in [-0.25, -0.2) is 8.42 Å². The number of nitrogens with zero attached hydrogens (tertiary/aromatic N) is 3. The van der Waals surface area contributed by atoms with Crippen molar-refractivity contribution in [3.8, 4) is 0 Å². The van der Waals surface area contributed by atoms with Crippen LogP contribution in [0.3, 0.4) is 0 Å². The van der Waals surface area contributed by atoms with E-state index in [9.17, 15) is 23.3 Å². The van der Waals surface area contributed by atoms with E-state index in [0.29, 0.717) is 23.7 Å². The Kier molecular flexibility index (Phi) is 7.34. The van der Waals surface area contributed by atoms with E-state index >= 15 is 0 Å². The van der Waals surface area contributed by atoms with Crippen LogP contribution in [-0.4, -0.2) is 48.6 Å². The second-order valence-electron chi connectivity index (χ2n) is 6.31. The molecule has 0 atom stereocenters. The Morgan fingerprint density at radius 1 is 1.14 bits per heavy atom. The third-order valence-electron chi connectivity index (χ3n) is 4.42. The van der Waals surface area contributed by atoms with E-state index in [2.05, 4.69) is 0 Å². The van der Waals surface area contributed by atoms with Crippen molar-refractivity contribution in [3.63, 3.8) is 0 Å². The van der Waals surface area contributed by atoms with Crippen LogP contribution in [-0.2, 0) is 16.6 Å². The molecule has 0 radical (unpaired) electrons. The molecular weight excluding hydrogens is 418 g/mol. The van der Waals surface area contributed by atoms with Crippen LogP contribution in [0.1, 0.15) is 29.8 Å². The van der Waals surface area contributed by atoms with Crippen LogP contribution >= 0.6 is 11.6 Å². The fraction of sp³-hybridized carbons (Fsp3) is 0.316. The number of carbonyl (C=O) groups excluding carboxylic acids is 1. The Balaban J connectivity index is 2.29. The highest BCUT2D eigenvalue weighted by Crippen LogP contribution is 2.24. The maximum Gasteiger partial charge on any atom is 0.269 e. The van der Waals surface area contributed by atoms with Gasteiger partial charge in [0.1, 0.15) is 0 Å². The fourth-order valence-corrected chi connectivity index (χ4v) is 4.53. The minimum absolute atomic E-state index is 0.0341. The van der Waals surface area contributed by atoms with Gasteiger partial charge in [-0.15, -0.1) is 0 Å². The third kappa shape index (κ3) is 5.11. The number of nitro groups is 1. The lowest BCUT2D eigenvalue weighted by Crippen LogP contribution is -2.31. The molecule has 0 N–H and O–H groups in total. The van der Waals surface area contributed by atoms with Gasteiger partial charge in [0.25, 0.3) is 11.6 Å². The number of hydrogen-bond acceptors (Lipinski definition) is 5. The van der Waals surface area contributed by atoms with Crippen molar-refractivity contribution in [1.82, 2.24) is 9.21 Å². The van der Waals surface area contributed by atoms with Crippen LogP contribution in [0.2, 0.25) is 5.02 Å². The minimum atomic E-state index is -3.70. The van der Waals surface area contributed by atoms with Gasteiger partial charge in [-0.05, 0) is 29.8 Å².